The molecule has 0 unspecified atom stereocenters. The van der Waals surface area contributed by atoms with Gasteiger partial charge in [0.25, 0.3) is 0 Å². The molecule has 2 aromatic rings. The van der Waals surface area contributed by atoms with Crippen LogP contribution in [0.1, 0.15) is 12.0 Å². The Morgan fingerprint density at radius 1 is 1.04 bits per heavy atom. The maximum absolute atomic E-state index is 10.7. The van der Waals surface area contributed by atoms with Gasteiger partial charge in [-0.25, -0.2) is 9.97 Å². The molecule has 0 aliphatic carbocycles. The zero-order valence-electron chi connectivity index (χ0n) is 16.4. The number of aromatic nitrogens is 2. The molecule has 0 radical (unpaired) electrons. The number of β-amino-alcohol motifs (C(OH)–C–C–N with tert-alkyl or cyclic N) is 1. The molecule has 7 heteroatoms. The Morgan fingerprint density at radius 2 is 1.75 bits per heavy atom. The highest BCUT2D eigenvalue weighted by atomic mass is 16.5. The summed E-state index contributed by atoms with van der Waals surface area (Å²) in [4.78, 5) is 15.3. The standard InChI is InChI=1S/C21H29N5O2/c1-24-11-13-26(14-12-24)19-7-10-25(16-20(19)27)15-17-3-5-18(6-4-17)28-21-22-8-2-9-23-21/h2-6,8-9,19-20,27H,7,10-16H2,1H3/t19-,20-/m1/s1. The zero-order chi connectivity index (χ0) is 19.3. The Morgan fingerprint density at radius 3 is 2.43 bits per heavy atom. The van der Waals surface area contributed by atoms with Gasteiger partial charge < -0.3 is 14.7 Å². The van der Waals surface area contributed by atoms with Crippen molar-refractivity contribution in [2.45, 2.75) is 25.1 Å². The Balaban J connectivity index is 1.28. The highest BCUT2D eigenvalue weighted by molar-refractivity contribution is 5.29. The summed E-state index contributed by atoms with van der Waals surface area (Å²) in [5.74, 6) is 0.726. The summed E-state index contributed by atoms with van der Waals surface area (Å²) in [6, 6.07) is 10.4. The second kappa shape index (κ2) is 8.96. The van der Waals surface area contributed by atoms with E-state index < -0.39 is 0 Å². The van der Waals surface area contributed by atoms with Crippen LogP contribution in [0.2, 0.25) is 0 Å². The molecular formula is C21H29N5O2. The number of likely N-dealkylation sites (N-methyl/N-ethyl adjacent to an activating group) is 1. The first-order valence-corrected chi connectivity index (χ1v) is 10.0. The van der Waals surface area contributed by atoms with Gasteiger partial charge in [-0.15, -0.1) is 0 Å². The maximum Gasteiger partial charge on any atom is 0.321 e. The molecule has 0 spiro atoms. The smallest absolute Gasteiger partial charge is 0.321 e. The molecule has 0 saturated carbocycles. The van der Waals surface area contributed by atoms with Crippen LogP contribution in [-0.4, -0.2) is 88.2 Å². The molecule has 1 aromatic heterocycles. The van der Waals surface area contributed by atoms with E-state index in [1.807, 2.05) is 12.1 Å². The van der Waals surface area contributed by atoms with Crippen LogP contribution in [0.5, 0.6) is 11.8 Å². The molecule has 2 aliphatic rings. The van der Waals surface area contributed by atoms with Gasteiger partial charge in [0.05, 0.1) is 6.10 Å². The fourth-order valence-electron chi connectivity index (χ4n) is 4.07. The van der Waals surface area contributed by atoms with Crippen LogP contribution >= 0.6 is 0 Å². The summed E-state index contributed by atoms with van der Waals surface area (Å²) in [5.41, 5.74) is 1.21. The Labute approximate surface area is 166 Å². The van der Waals surface area contributed by atoms with E-state index in [9.17, 15) is 5.11 Å². The lowest BCUT2D eigenvalue weighted by molar-refractivity contribution is -0.0286. The Hall–Kier alpha value is -2.06. The fraction of sp³-hybridized carbons (Fsp3) is 0.524. The molecule has 28 heavy (non-hydrogen) atoms. The normalized spacial score (nSPS) is 24.9. The lowest BCUT2D eigenvalue weighted by Gasteiger charge is -2.44. The van der Waals surface area contributed by atoms with Crippen molar-refractivity contribution in [2.24, 2.45) is 0 Å². The minimum atomic E-state index is -0.282. The summed E-state index contributed by atoms with van der Waals surface area (Å²) in [7, 11) is 2.17. The van der Waals surface area contributed by atoms with E-state index in [1.165, 1.54) is 5.56 Å². The summed E-state index contributed by atoms with van der Waals surface area (Å²) in [6.45, 7) is 6.90. The molecule has 7 nitrogen and oxygen atoms in total. The highest BCUT2D eigenvalue weighted by Crippen LogP contribution is 2.22. The second-order valence-electron chi connectivity index (χ2n) is 7.78. The summed E-state index contributed by atoms with van der Waals surface area (Å²) in [5, 5.41) is 10.7. The van der Waals surface area contributed by atoms with Gasteiger partial charge in [0.2, 0.25) is 0 Å². The SMILES string of the molecule is CN1CCN([C@@H]2CCN(Cc3ccc(Oc4ncccn4)cc3)C[C@H]2O)CC1. The van der Waals surface area contributed by atoms with Gasteiger partial charge in [-0.1, -0.05) is 12.1 Å². The number of ether oxygens (including phenoxy) is 1. The van der Waals surface area contributed by atoms with E-state index in [2.05, 4.69) is 43.8 Å². The number of aliphatic hydroxyl groups is 1. The van der Waals surface area contributed by atoms with Crippen molar-refractivity contribution in [1.82, 2.24) is 24.7 Å². The van der Waals surface area contributed by atoms with Crippen molar-refractivity contribution >= 4 is 0 Å². The maximum atomic E-state index is 10.7. The Bertz CT molecular complexity index is 734. The molecule has 2 aliphatic heterocycles. The third kappa shape index (κ3) is 4.86. The van der Waals surface area contributed by atoms with Gasteiger partial charge in [0, 0.05) is 64.2 Å². The van der Waals surface area contributed by atoms with Crippen molar-refractivity contribution in [3.05, 3.63) is 48.3 Å². The van der Waals surface area contributed by atoms with E-state index in [0.717, 1.165) is 58.0 Å². The summed E-state index contributed by atoms with van der Waals surface area (Å²) >= 11 is 0. The predicted molar refractivity (Wildman–Crippen MR) is 107 cm³/mol. The van der Waals surface area contributed by atoms with Crippen molar-refractivity contribution in [3.8, 4) is 11.8 Å². The number of piperidine rings is 1. The van der Waals surface area contributed by atoms with E-state index in [0.29, 0.717) is 12.1 Å². The first-order valence-electron chi connectivity index (χ1n) is 10.0. The molecule has 2 fully saturated rings. The zero-order valence-corrected chi connectivity index (χ0v) is 16.4. The molecular weight excluding hydrogens is 354 g/mol. The van der Waals surface area contributed by atoms with Crippen molar-refractivity contribution in [1.29, 1.82) is 0 Å². The molecule has 2 saturated heterocycles. The molecule has 1 aromatic carbocycles. The minimum Gasteiger partial charge on any atom is -0.424 e. The predicted octanol–water partition coefficient (Wildman–Crippen LogP) is 1.45. The van der Waals surface area contributed by atoms with E-state index in [-0.39, 0.29) is 6.10 Å². The molecule has 0 bridgehead atoms. The minimum absolute atomic E-state index is 0.282. The second-order valence-corrected chi connectivity index (χ2v) is 7.78. The average Bonchev–Trinajstić information content (AvgIpc) is 2.71. The number of benzene rings is 1. The fourth-order valence-corrected chi connectivity index (χ4v) is 4.07. The van der Waals surface area contributed by atoms with E-state index in [4.69, 9.17) is 4.74 Å². The van der Waals surface area contributed by atoms with Gasteiger partial charge in [0.15, 0.2) is 0 Å². The highest BCUT2D eigenvalue weighted by Gasteiger charge is 2.33. The van der Waals surface area contributed by atoms with Gasteiger partial charge in [-0.3, -0.25) is 9.80 Å². The van der Waals surface area contributed by atoms with Crippen LogP contribution < -0.4 is 4.74 Å². The van der Waals surface area contributed by atoms with Gasteiger partial charge in [-0.2, -0.15) is 0 Å². The molecule has 4 rings (SSSR count). The first-order chi connectivity index (χ1) is 13.7. The van der Waals surface area contributed by atoms with E-state index >= 15 is 0 Å². The number of aliphatic hydroxyl groups excluding tert-OH is 1. The van der Waals surface area contributed by atoms with Crippen molar-refractivity contribution in [3.63, 3.8) is 0 Å². The van der Waals surface area contributed by atoms with Gasteiger partial charge in [0.1, 0.15) is 5.75 Å². The lowest BCUT2D eigenvalue weighted by atomic mass is 9.98. The molecule has 150 valence electrons. The van der Waals surface area contributed by atoms with Gasteiger partial charge >= 0.3 is 6.01 Å². The average molecular weight is 383 g/mol. The quantitative estimate of drug-likeness (QED) is 0.838. The summed E-state index contributed by atoms with van der Waals surface area (Å²) in [6.07, 6.45) is 4.06. The first kappa shape index (κ1) is 19.3. The van der Waals surface area contributed by atoms with Gasteiger partial charge in [-0.05, 0) is 37.2 Å². The molecule has 0 amide bonds. The van der Waals surface area contributed by atoms with Crippen molar-refractivity contribution in [2.75, 3.05) is 46.3 Å². The molecule has 3 heterocycles. The number of piperazine rings is 1. The number of hydrogen-bond acceptors (Lipinski definition) is 7. The molecule has 2 atom stereocenters. The number of nitrogens with zero attached hydrogens (tertiary/aromatic N) is 5. The largest absolute Gasteiger partial charge is 0.424 e. The van der Waals surface area contributed by atoms with Crippen LogP contribution in [0, 0.1) is 0 Å². The third-order valence-electron chi connectivity index (χ3n) is 5.72. The van der Waals surface area contributed by atoms with Crippen LogP contribution in [0.25, 0.3) is 0 Å². The lowest BCUT2D eigenvalue weighted by Crippen LogP contribution is -2.58. The van der Waals surface area contributed by atoms with E-state index in [1.54, 1.807) is 18.5 Å². The van der Waals surface area contributed by atoms with Crippen molar-refractivity contribution < 1.29 is 9.84 Å². The van der Waals surface area contributed by atoms with Crippen LogP contribution in [0.3, 0.4) is 0 Å². The Kier molecular flexibility index (Phi) is 6.17. The summed E-state index contributed by atoms with van der Waals surface area (Å²) < 4.78 is 5.64. The van der Waals surface area contributed by atoms with Crippen LogP contribution in [0.15, 0.2) is 42.7 Å². The number of hydrogen-bond donors (Lipinski definition) is 1. The number of rotatable bonds is 5. The third-order valence-corrected chi connectivity index (χ3v) is 5.72. The monoisotopic (exact) mass is 383 g/mol. The topological polar surface area (TPSA) is 65.0 Å². The van der Waals surface area contributed by atoms with Crippen LogP contribution in [-0.2, 0) is 6.54 Å². The number of likely N-dealkylation sites (tertiary alicyclic amines) is 1. The molecule has 1 N–H and O–H groups in total. The van der Waals surface area contributed by atoms with Crippen LogP contribution in [0.4, 0.5) is 0 Å².